The van der Waals surface area contributed by atoms with Gasteiger partial charge in [-0.3, -0.25) is 0 Å². The fraction of sp³-hybridized carbons (Fsp3) is 0.273. The summed E-state index contributed by atoms with van der Waals surface area (Å²) in [5.74, 6) is -0.912. The zero-order valence-electron chi connectivity index (χ0n) is 9.04. The topological polar surface area (TPSA) is 55.1 Å². The van der Waals surface area contributed by atoms with Gasteiger partial charge in [-0.15, -0.1) is 11.3 Å². The van der Waals surface area contributed by atoms with Crippen LogP contribution in [0.15, 0.2) is 23.7 Å². The molecule has 84 valence electrons. The first-order valence-electron chi connectivity index (χ1n) is 4.91. The summed E-state index contributed by atoms with van der Waals surface area (Å²) in [6, 6.07) is 3.29. The van der Waals surface area contributed by atoms with Crippen LogP contribution in [0.4, 0.5) is 0 Å². The van der Waals surface area contributed by atoms with Gasteiger partial charge in [0.2, 0.25) is 0 Å². The first-order chi connectivity index (χ1) is 7.59. The molecule has 1 atom stereocenters. The molecule has 0 saturated heterocycles. The number of carboxylic acid groups (broad SMARTS) is 1. The molecule has 0 fully saturated rings. The first kappa shape index (κ1) is 10.9. The molecule has 2 aromatic heterocycles. The Balaban J connectivity index is 2.37. The van der Waals surface area contributed by atoms with Gasteiger partial charge in [-0.05, 0) is 26.0 Å². The highest BCUT2D eigenvalue weighted by Gasteiger charge is 2.17. The molecule has 2 aromatic rings. The van der Waals surface area contributed by atoms with Crippen molar-refractivity contribution in [3.8, 4) is 0 Å². The monoisotopic (exact) mass is 236 g/mol. The summed E-state index contributed by atoms with van der Waals surface area (Å²) in [6.07, 6.45) is 1.77. The molecule has 0 amide bonds. The number of hydrogen-bond acceptors (Lipinski definition) is 3. The van der Waals surface area contributed by atoms with E-state index in [-0.39, 0.29) is 6.04 Å². The van der Waals surface area contributed by atoms with Gasteiger partial charge in [0.25, 0.3) is 0 Å². The number of hydrogen-bond donors (Lipinski definition) is 1. The smallest absolute Gasteiger partial charge is 0.352 e. The molecule has 0 aromatic carbocycles. The Morgan fingerprint density at radius 2 is 2.38 bits per heavy atom. The molecule has 0 saturated carbocycles. The Hall–Kier alpha value is -1.62. The lowest BCUT2D eigenvalue weighted by Gasteiger charge is -2.12. The zero-order chi connectivity index (χ0) is 11.7. The third-order valence-corrected chi connectivity index (χ3v) is 3.54. The van der Waals surface area contributed by atoms with Gasteiger partial charge in [0.05, 0.1) is 6.04 Å². The van der Waals surface area contributed by atoms with E-state index in [2.05, 4.69) is 4.98 Å². The Morgan fingerprint density at radius 1 is 1.62 bits per heavy atom. The minimum absolute atomic E-state index is 0.0419. The predicted molar refractivity (Wildman–Crippen MR) is 62.1 cm³/mol. The molecule has 0 aliphatic rings. The Kier molecular flexibility index (Phi) is 2.78. The van der Waals surface area contributed by atoms with E-state index in [0.717, 1.165) is 10.7 Å². The van der Waals surface area contributed by atoms with Crippen LogP contribution >= 0.6 is 11.3 Å². The third-order valence-electron chi connectivity index (χ3n) is 2.41. The van der Waals surface area contributed by atoms with Crippen molar-refractivity contribution in [2.75, 3.05) is 0 Å². The van der Waals surface area contributed by atoms with Crippen molar-refractivity contribution in [1.82, 2.24) is 9.55 Å². The van der Waals surface area contributed by atoms with E-state index in [1.165, 1.54) is 0 Å². The molecular formula is C11H12N2O2S. The molecule has 0 bridgehead atoms. The average molecular weight is 236 g/mol. The molecule has 16 heavy (non-hydrogen) atoms. The van der Waals surface area contributed by atoms with Crippen LogP contribution in [0.2, 0.25) is 0 Å². The summed E-state index contributed by atoms with van der Waals surface area (Å²) in [5.41, 5.74) is 1.26. The number of carboxylic acids is 1. The normalized spacial score (nSPS) is 12.6. The zero-order valence-corrected chi connectivity index (χ0v) is 9.86. The molecule has 2 heterocycles. The fourth-order valence-electron chi connectivity index (χ4n) is 1.60. The van der Waals surface area contributed by atoms with E-state index in [1.807, 2.05) is 19.2 Å². The minimum atomic E-state index is -0.912. The van der Waals surface area contributed by atoms with Gasteiger partial charge in [-0.1, -0.05) is 0 Å². The van der Waals surface area contributed by atoms with Crippen LogP contribution < -0.4 is 0 Å². The number of carbonyl (C=O) groups is 1. The van der Waals surface area contributed by atoms with E-state index in [9.17, 15) is 4.79 Å². The first-order valence-corrected chi connectivity index (χ1v) is 5.79. The van der Waals surface area contributed by atoms with Gasteiger partial charge in [-0.25, -0.2) is 9.78 Å². The van der Waals surface area contributed by atoms with Crippen LogP contribution in [0.25, 0.3) is 0 Å². The molecule has 0 spiro atoms. The highest BCUT2D eigenvalue weighted by Crippen LogP contribution is 2.23. The molecule has 0 radical (unpaired) electrons. The van der Waals surface area contributed by atoms with Crippen LogP contribution in [-0.2, 0) is 0 Å². The van der Waals surface area contributed by atoms with Crippen molar-refractivity contribution in [2.24, 2.45) is 0 Å². The van der Waals surface area contributed by atoms with Gasteiger partial charge in [-0.2, -0.15) is 0 Å². The number of aryl methyl sites for hydroxylation is 1. The van der Waals surface area contributed by atoms with Crippen molar-refractivity contribution in [3.63, 3.8) is 0 Å². The molecule has 2 rings (SSSR count). The maximum Gasteiger partial charge on any atom is 0.352 e. The number of rotatable bonds is 3. The molecule has 1 N–H and O–H groups in total. The van der Waals surface area contributed by atoms with Gasteiger partial charge in [0.15, 0.2) is 0 Å². The maximum absolute atomic E-state index is 11.0. The molecule has 1 unspecified atom stereocenters. The highest BCUT2D eigenvalue weighted by atomic mass is 32.1. The fourth-order valence-corrected chi connectivity index (χ4v) is 2.45. The number of aromatic nitrogens is 2. The van der Waals surface area contributed by atoms with Crippen molar-refractivity contribution in [2.45, 2.75) is 19.9 Å². The highest BCUT2D eigenvalue weighted by molar-refractivity contribution is 7.09. The summed E-state index contributed by atoms with van der Waals surface area (Å²) in [7, 11) is 0. The van der Waals surface area contributed by atoms with Crippen LogP contribution in [0.1, 0.15) is 34.2 Å². The summed E-state index contributed by atoms with van der Waals surface area (Å²) in [6.45, 7) is 3.88. The molecule has 5 heteroatoms. The Labute approximate surface area is 97.2 Å². The second kappa shape index (κ2) is 4.09. The Bertz CT molecular complexity index is 516. The third kappa shape index (κ3) is 1.86. The lowest BCUT2D eigenvalue weighted by molar-refractivity contribution is 0.0684. The van der Waals surface area contributed by atoms with Crippen LogP contribution in [0.3, 0.4) is 0 Å². The predicted octanol–water partition coefficient (Wildman–Crippen LogP) is 2.56. The number of nitrogens with zero attached hydrogens (tertiary/aromatic N) is 2. The maximum atomic E-state index is 11.0. The van der Waals surface area contributed by atoms with Gasteiger partial charge < -0.3 is 9.67 Å². The minimum Gasteiger partial charge on any atom is -0.477 e. The van der Waals surface area contributed by atoms with Crippen molar-refractivity contribution >= 4 is 17.3 Å². The molecular weight excluding hydrogens is 224 g/mol. The largest absolute Gasteiger partial charge is 0.477 e. The lowest BCUT2D eigenvalue weighted by atomic mass is 10.3. The number of aromatic carboxylic acids is 1. The molecule has 0 aliphatic carbocycles. The van der Waals surface area contributed by atoms with E-state index in [0.29, 0.717) is 5.69 Å². The second-order valence-electron chi connectivity index (χ2n) is 3.61. The standard InChI is InChI=1S/C11H12N2O2S/c1-7-6-16-10(12-7)8(2)13-5-3-4-9(13)11(14)15/h3-6,8H,1-2H3,(H,14,15). The quantitative estimate of drug-likeness (QED) is 0.891. The van der Waals surface area contributed by atoms with Crippen molar-refractivity contribution in [3.05, 3.63) is 40.1 Å². The van der Waals surface area contributed by atoms with Crippen molar-refractivity contribution in [1.29, 1.82) is 0 Å². The summed E-state index contributed by atoms with van der Waals surface area (Å²) in [4.78, 5) is 15.4. The van der Waals surface area contributed by atoms with Crippen LogP contribution in [0.5, 0.6) is 0 Å². The van der Waals surface area contributed by atoms with E-state index < -0.39 is 5.97 Å². The van der Waals surface area contributed by atoms with Gasteiger partial charge in [0, 0.05) is 17.3 Å². The van der Waals surface area contributed by atoms with E-state index in [4.69, 9.17) is 5.11 Å². The number of thiazole rings is 1. The van der Waals surface area contributed by atoms with E-state index in [1.54, 1.807) is 34.2 Å². The summed E-state index contributed by atoms with van der Waals surface area (Å²) < 4.78 is 1.72. The van der Waals surface area contributed by atoms with E-state index >= 15 is 0 Å². The summed E-state index contributed by atoms with van der Waals surface area (Å²) >= 11 is 1.55. The Morgan fingerprint density at radius 3 is 2.94 bits per heavy atom. The lowest BCUT2D eigenvalue weighted by Crippen LogP contribution is -2.12. The summed E-state index contributed by atoms with van der Waals surface area (Å²) in [5, 5.41) is 11.9. The molecule has 4 nitrogen and oxygen atoms in total. The average Bonchev–Trinajstić information content (AvgIpc) is 2.84. The SMILES string of the molecule is Cc1csc(C(C)n2cccc2C(=O)O)n1. The van der Waals surface area contributed by atoms with Gasteiger partial charge >= 0.3 is 5.97 Å². The van der Waals surface area contributed by atoms with Crippen molar-refractivity contribution < 1.29 is 9.90 Å². The second-order valence-corrected chi connectivity index (χ2v) is 4.50. The van der Waals surface area contributed by atoms with Gasteiger partial charge in [0.1, 0.15) is 10.7 Å². The van der Waals surface area contributed by atoms with Crippen LogP contribution in [-0.4, -0.2) is 20.6 Å². The van der Waals surface area contributed by atoms with Crippen LogP contribution in [0, 0.1) is 6.92 Å². The molecule has 0 aliphatic heterocycles.